The van der Waals surface area contributed by atoms with Gasteiger partial charge < -0.3 is 4.74 Å². The highest BCUT2D eigenvalue weighted by atomic mass is 32.1. The minimum absolute atomic E-state index is 0.0135. The quantitative estimate of drug-likeness (QED) is 0.350. The summed E-state index contributed by atoms with van der Waals surface area (Å²) in [7, 11) is 0. The normalized spacial score (nSPS) is 10.4. The first-order valence-electron chi connectivity index (χ1n) is 10.7. The number of nitrogens with one attached hydrogen (secondary N) is 3. The second-order valence-electron chi connectivity index (χ2n) is 7.86. The molecule has 0 fully saturated rings. The van der Waals surface area contributed by atoms with Crippen molar-refractivity contribution in [1.29, 1.82) is 0 Å². The first-order valence-corrected chi connectivity index (χ1v) is 11.1. The molecule has 0 bridgehead atoms. The van der Waals surface area contributed by atoms with Crippen LogP contribution >= 0.6 is 12.2 Å². The lowest BCUT2D eigenvalue weighted by Crippen LogP contribution is -2.48. The van der Waals surface area contributed by atoms with Gasteiger partial charge in [0.1, 0.15) is 5.75 Å². The molecule has 6 nitrogen and oxygen atoms in total. The molecule has 3 aromatic carbocycles. The zero-order valence-corrected chi connectivity index (χ0v) is 19.4. The Hall–Kier alpha value is -3.71. The number of thiocarbonyl (C=S) groups is 1. The van der Waals surface area contributed by atoms with Crippen LogP contribution in [0.15, 0.2) is 78.9 Å². The van der Waals surface area contributed by atoms with Crippen LogP contribution in [0, 0.1) is 5.92 Å². The van der Waals surface area contributed by atoms with Crippen LogP contribution in [0.2, 0.25) is 0 Å². The van der Waals surface area contributed by atoms with Crippen LogP contribution < -0.4 is 20.9 Å². The third-order valence-electron chi connectivity index (χ3n) is 4.83. The fourth-order valence-electron chi connectivity index (χ4n) is 2.98. The van der Waals surface area contributed by atoms with E-state index in [2.05, 4.69) is 30.0 Å². The Morgan fingerprint density at radius 1 is 0.818 bits per heavy atom. The maximum atomic E-state index is 12.5. The van der Waals surface area contributed by atoms with E-state index in [1.54, 1.807) is 36.4 Å². The Bertz CT molecular complexity index is 1100. The molecular formula is C26H27N3O3S. The molecule has 7 heteroatoms. The average Bonchev–Trinajstić information content (AvgIpc) is 2.83. The Balaban J connectivity index is 1.48. The largest absolute Gasteiger partial charge is 0.494 e. The van der Waals surface area contributed by atoms with Gasteiger partial charge in [0.2, 0.25) is 0 Å². The van der Waals surface area contributed by atoms with E-state index in [1.807, 2.05) is 42.5 Å². The van der Waals surface area contributed by atoms with Crippen molar-refractivity contribution in [2.24, 2.45) is 5.92 Å². The summed E-state index contributed by atoms with van der Waals surface area (Å²) in [5.41, 5.74) is 8.00. The molecule has 0 heterocycles. The van der Waals surface area contributed by atoms with Crippen molar-refractivity contribution >= 4 is 29.1 Å². The molecule has 3 rings (SSSR count). The summed E-state index contributed by atoms with van der Waals surface area (Å²) in [5, 5.41) is 2.53. The number of carbonyl (C=O) groups excluding carboxylic acids is 2. The van der Waals surface area contributed by atoms with Crippen LogP contribution in [0.1, 0.15) is 41.0 Å². The number of hydrogen-bond acceptors (Lipinski definition) is 4. The van der Waals surface area contributed by atoms with Gasteiger partial charge in [-0.1, -0.05) is 62.4 Å². The summed E-state index contributed by atoms with van der Waals surface area (Å²) >= 11 is 5.13. The molecular weight excluding hydrogens is 434 g/mol. The van der Waals surface area contributed by atoms with E-state index in [1.165, 1.54) is 0 Å². The maximum Gasteiger partial charge on any atom is 0.269 e. The van der Waals surface area contributed by atoms with Gasteiger partial charge in [0, 0.05) is 11.1 Å². The molecule has 0 aliphatic rings. The van der Waals surface area contributed by atoms with Crippen molar-refractivity contribution in [2.75, 3.05) is 6.61 Å². The standard InChI is InChI=1S/C26H27N3O3S/c1-18(2)15-16-32-23-10-6-9-22(17-23)24(30)27-26(33)29-28-25(31)21-13-11-20(12-14-21)19-7-4-3-5-8-19/h3-14,17-18H,15-16H2,1-2H3,(H,28,31)(H2,27,29,30,33). The monoisotopic (exact) mass is 461 g/mol. The number of ether oxygens (including phenoxy) is 1. The third kappa shape index (κ3) is 7.43. The van der Waals surface area contributed by atoms with Gasteiger partial charge in [-0.05, 0) is 66.0 Å². The molecule has 0 aromatic heterocycles. The zero-order chi connectivity index (χ0) is 23.6. The van der Waals surface area contributed by atoms with Gasteiger partial charge in [0.15, 0.2) is 5.11 Å². The van der Waals surface area contributed by atoms with Crippen LogP contribution in [0.5, 0.6) is 5.75 Å². The second kappa shape index (κ2) is 11.8. The van der Waals surface area contributed by atoms with Gasteiger partial charge in [0.25, 0.3) is 11.8 Å². The first kappa shape index (κ1) is 23.9. The van der Waals surface area contributed by atoms with Gasteiger partial charge in [-0.3, -0.25) is 25.8 Å². The summed E-state index contributed by atoms with van der Waals surface area (Å²) in [4.78, 5) is 24.9. The smallest absolute Gasteiger partial charge is 0.269 e. The molecule has 0 spiro atoms. The van der Waals surface area contributed by atoms with E-state index in [-0.39, 0.29) is 11.0 Å². The average molecular weight is 462 g/mol. The van der Waals surface area contributed by atoms with E-state index in [0.717, 1.165) is 17.5 Å². The molecule has 0 saturated heterocycles. The Morgan fingerprint density at radius 3 is 2.21 bits per heavy atom. The van der Waals surface area contributed by atoms with Crippen LogP contribution in [0.4, 0.5) is 0 Å². The van der Waals surface area contributed by atoms with E-state index in [4.69, 9.17) is 17.0 Å². The molecule has 0 saturated carbocycles. The van der Waals surface area contributed by atoms with Crippen molar-refractivity contribution in [3.8, 4) is 16.9 Å². The molecule has 3 aromatic rings. The fourth-order valence-corrected chi connectivity index (χ4v) is 3.12. The molecule has 33 heavy (non-hydrogen) atoms. The van der Waals surface area contributed by atoms with Gasteiger partial charge in [-0.15, -0.1) is 0 Å². The Morgan fingerprint density at radius 2 is 1.52 bits per heavy atom. The molecule has 0 aliphatic heterocycles. The highest BCUT2D eigenvalue weighted by Crippen LogP contribution is 2.19. The summed E-state index contributed by atoms with van der Waals surface area (Å²) in [6.45, 7) is 4.83. The highest BCUT2D eigenvalue weighted by Gasteiger charge is 2.11. The third-order valence-corrected chi connectivity index (χ3v) is 5.04. The maximum absolute atomic E-state index is 12.5. The number of hydrogen-bond donors (Lipinski definition) is 3. The van der Waals surface area contributed by atoms with Crippen molar-refractivity contribution in [1.82, 2.24) is 16.2 Å². The number of rotatable bonds is 7. The van der Waals surface area contributed by atoms with Crippen LogP contribution in [-0.2, 0) is 0 Å². The molecule has 3 N–H and O–H groups in total. The summed E-state index contributed by atoms with van der Waals surface area (Å²) in [6.07, 6.45) is 0.930. The lowest BCUT2D eigenvalue weighted by molar-refractivity contribution is 0.0934. The molecule has 0 aliphatic carbocycles. The topological polar surface area (TPSA) is 79.5 Å². The molecule has 0 unspecified atom stereocenters. The number of carbonyl (C=O) groups is 2. The Kier molecular flexibility index (Phi) is 8.55. The summed E-state index contributed by atoms with van der Waals surface area (Å²) < 4.78 is 5.69. The highest BCUT2D eigenvalue weighted by molar-refractivity contribution is 7.80. The lowest BCUT2D eigenvalue weighted by atomic mass is 10.0. The number of amides is 2. The number of benzene rings is 3. The van der Waals surface area contributed by atoms with E-state index < -0.39 is 5.91 Å². The molecule has 0 atom stereocenters. The Labute approximate surface area is 199 Å². The fraction of sp³-hybridized carbons (Fsp3) is 0.192. The van der Waals surface area contributed by atoms with Crippen LogP contribution in [0.3, 0.4) is 0 Å². The number of hydrazine groups is 1. The first-order chi connectivity index (χ1) is 15.9. The summed E-state index contributed by atoms with van der Waals surface area (Å²) in [6, 6.07) is 24.0. The lowest BCUT2D eigenvalue weighted by Gasteiger charge is -2.12. The molecule has 0 radical (unpaired) electrons. The van der Waals surface area contributed by atoms with Crippen molar-refractivity contribution in [2.45, 2.75) is 20.3 Å². The zero-order valence-electron chi connectivity index (χ0n) is 18.6. The minimum atomic E-state index is -0.400. The second-order valence-corrected chi connectivity index (χ2v) is 8.27. The predicted molar refractivity (Wildman–Crippen MR) is 134 cm³/mol. The van der Waals surface area contributed by atoms with Gasteiger partial charge in [-0.2, -0.15) is 0 Å². The SMILES string of the molecule is CC(C)CCOc1cccc(C(=O)NC(=S)NNC(=O)c2ccc(-c3ccccc3)cc2)c1. The van der Waals surface area contributed by atoms with Crippen molar-refractivity contribution in [3.05, 3.63) is 90.0 Å². The van der Waals surface area contributed by atoms with Crippen LogP contribution in [-0.4, -0.2) is 23.5 Å². The van der Waals surface area contributed by atoms with E-state index in [9.17, 15) is 9.59 Å². The van der Waals surface area contributed by atoms with Gasteiger partial charge in [-0.25, -0.2) is 0 Å². The van der Waals surface area contributed by atoms with Crippen molar-refractivity contribution in [3.63, 3.8) is 0 Å². The van der Waals surface area contributed by atoms with E-state index in [0.29, 0.717) is 29.4 Å². The van der Waals surface area contributed by atoms with Gasteiger partial charge in [0.05, 0.1) is 6.61 Å². The van der Waals surface area contributed by atoms with Crippen LogP contribution in [0.25, 0.3) is 11.1 Å². The van der Waals surface area contributed by atoms with Crippen molar-refractivity contribution < 1.29 is 14.3 Å². The molecule has 2 amide bonds. The molecule has 170 valence electrons. The van der Waals surface area contributed by atoms with E-state index >= 15 is 0 Å². The minimum Gasteiger partial charge on any atom is -0.494 e. The predicted octanol–water partition coefficient (Wildman–Crippen LogP) is 4.73. The summed E-state index contributed by atoms with van der Waals surface area (Å²) in [5.74, 6) is 0.390. The van der Waals surface area contributed by atoms with Gasteiger partial charge >= 0.3 is 0 Å².